The predicted octanol–water partition coefficient (Wildman–Crippen LogP) is 2.03. The van der Waals surface area contributed by atoms with Gasteiger partial charge in [-0.25, -0.2) is 0 Å². The molecule has 0 aliphatic carbocycles. The lowest BCUT2D eigenvalue weighted by Gasteiger charge is -2.32. The molecular formula is C17H25N3O. The number of nitrogens with zero attached hydrogens (tertiary/aromatic N) is 2. The number of benzene rings is 1. The zero-order valence-electron chi connectivity index (χ0n) is 13.0. The van der Waals surface area contributed by atoms with Gasteiger partial charge in [-0.3, -0.25) is 4.79 Å². The first-order valence-corrected chi connectivity index (χ1v) is 8.00. The second kappa shape index (κ2) is 6.16. The summed E-state index contributed by atoms with van der Waals surface area (Å²) in [6.45, 7) is 6.78. The topological polar surface area (TPSA) is 35.6 Å². The van der Waals surface area contributed by atoms with Crippen LogP contribution < -0.4 is 10.2 Å². The first kappa shape index (κ1) is 14.5. The number of fused-ring (bicyclic) bond motifs is 1. The fourth-order valence-corrected chi connectivity index (χ4v) is 3.50. The SMILES string of the molecule is CCN1CCC(CNC2CC(=O)N(C)c3ccccc32)C1. The molecule has 2 unspecified atom stereocenters. The van der Waals surface area contributed by atoms with Gasteiger partial charge in [-0.15, -0.1) is 0 Å². The van der Waals surface area contributed by atoms with Crippen LogP contribution in [-0.2, 0) is 4.79 Å². The van der Waals surface area contributed by atoms with E-state index in [2.05, 4.69) is 29.3 Å². The van der Waals surface area contributed by atoms with Crippen molar-refractivity contribution in [2.24, 2.45) is 5.92 Å². The number of anilines is 1. The Kier molecular flexibility index (Phi) is 4.27. The first-order chi connectivity index (χ1) is 10.2. The van der Waals surface area contributed by atoms with Crippen molar-refractivity contribution in [3.63, 3.8) is 0 Å². The standard InChI is InChI=1S/C17H25N3O/c1-3-20-9-8-13(12-20)11-18-15-10-17(21)19(2)16-7-5-4-6-14(15)16/h4-7,13,15,18H,3,8-12H2,1-2H3. The zero-order chi connectivity index (χ0) is 14.8. The van der Waals surface area contributed by atoms with Crippen LogP contribution in [0.15, 0.2) is 24.3 Å². The zero-order valence-corrected chi connectivity index (χ0v) is 13.0. The highest BCUT2D eigenvalue weighted by Crippen LogP contribution is 2.33. The summed E-state index contributed by atoms with van der Waals surface area (Å²) in [5.74, 6) is 0.916. The van der Waals surface area contributed by atoms with Crippen molar-refractivity contribution >= 4 is 11.6 Å². The van der Waals surface area contributed by atoms with E-state index in [1.165, 1.54) is 25.1 Å². The third-order valence-electron chi connectivity index (χ3n) is 4.90. The third kappa shape index (κ3) is 2.97. The van der Waals surface area contributed by atoms with Gasteiger partial charge in [-0.05, 0) is 43.6 Å². The maximum absolute atomic E-state index is 12.1. The Morgan fingerprint density at radius 3 is 2.90 bits per heavy atom. The minimum absolute atomic E-state index is 0.167. The first-order valence-electron chi connectivity index (χ1n) is 8.00. The molecule has 1 fully saturated rings. The van der Waals surface area contributed by atoms with Crippen molar-refractivity contribution in [2.45, 2.75) is 25.8 Å². The highest BCUT2D eigenvalue weighted by molar-refractivity contribution is 5.96. The van der Waals surface area contributed by atoms with Crippen LogP contribution in [0.4, 0.5) is 5.69 Å². The number of likely N-dealkylation sites (tertiary alicyclic amines) is 1. The molecule has 2 atom stereocenters. The van der Waals surface area contributed by atoms with E-state index in [0.717, 1.165) is 18.8 Å². The summed E-state index contributed by atoms with van der Waals surface area (Å²) in [6.07, 6.45) is 1.83. The van der Waals surface area contributed by atoms with Gasteiger partial charge < -0.3 is 15.1 Å². The van der Waals surface area contributed by atoms with Crippen molar-refractivity contribution in [1.82, 2.24) is 10.2 Å². The van der Waals surface area contributed by atoms with Crippen molar-refractivity contribution < 1.29 is 4.79 Å². The summed E-state index contributed by atoms with van der Waals surface area (Å²) in [5, 5.41) is 3.64. The lowest BCUT2D eigenvalue weighted by atomic mass is 9.95. The normalized spacial score (nSPS) is 26.2. The molecule has 1 aromatic carbocycles. The molecule has 114 valence electrons. The number of hydrogen-bond acceptors (Lipinski definition) is 3. The Labute approximate surface area is 127 Å². The van der Waals surface area contributed by atoms with Crippen molar-refractivity contribution in [3.05, 3.63) is 29.8 Å². The van der Waals surface area contributed by atoms with Gasteiger partial charge in [0.1, 0.15) is 0 Å². The van der Waals surface area contributed by atoms with Gasteiger partial charge in [0.05, 0.1) is 0 Å². The molecule has 4 heteroatoms. The highest BCUT2D eigenvalue weighted by atomic mass is 16.2. The highest BCUT2D eigenvalue weighted by Gasteiger charge is 2.29. The molecular weight excluding hydrogens is 262 g/mol. The van der Waals surface area contributed by atoms with Crippen LogP contribution in [0.25, 0.3) is 0 Å². The Morgan fingerprint density at radius 1 is 1.33 bits per heavy atom. The van der Waals surface area contributed by atoms with Crippen LogP contribution in [0.5, 0.6) is 0 Å². The van der Waals surface area contributed by atoms with E-state index in [4.69, 9.17) is 0 Å². The molecule has 1 aromatic rings. The molecule has 0 saturated carbocycles. The fourth-order valence-electron chi connectivity index (χ4n) is 3.50. The summed E-state index contributed by atoms with van der Waals surface area (Å²) in [4.78, 5) is 16.4. The van der Waals surface area contributed by atoms with Crippen LogP contribution >= 0.6 is 0 Å². The smallest absolute Gasteiger partial charge is 0.228 e. The van der Waals surface area contributed by atoms with Crippen LogP contribution in [0.1, 0.15) is 31.4 Å². The molecule has 2 heterocycles. The molecule has 4 nitrogen and oxygen atoms in total. The molecule has 1 saturated heterocycles. The van der Waals surface area contributed by atoms with E-state index in [0.29, 0.717) is 12.3 Å². The molecule has 2 aliphatic rings. The van der Waals surface area contributed by atoms with Crippen molar-refractivity contribution in [2.75, 3.05) is 38.1 Å². The van der Waals surface area contributed by atoms with Gasteiger partial charge in [0.25, 0.3) is 0 Å². The molecule has 0 spiro atoms. The maximum Gasteiger partial charge on any atom is 0.228 e. The Balaban J connectivity index is 1.66. The summed E-state index contributed by atoms with van der Waals surface area (Å²) in [6, 6.07) is 8.41. The minimum atomic E-state index is 0.167. The minimum Gasteiger partial charge on any atom is -0.315 e. The third-order valence-corrected chi connectivity index (χ3v) is 4.90. The summed E-state index contributed by atoms with van der Waals surface area (Å²) >= 11 is 0. The molecule has 2 aliphatic heterocycles. The lowest BCUT2D eigenvalue weighted by Crippen LogP contribution is -2.39. The molecule has 0 bridgehead atoms. The average Bonchev–Trinajstić information content (AvgIpc) is 2.97. The molecule has 1 amide bonds. The van der Waals surface area contributed by atoms with Gasteiger partial charge in [0.2, 0.25) is 5.91 Å². The van der Waals surface area contributed by atoms with Crippen LogP contribution in [-0.4, -0.2) is 44.0 Å². The number of hydrogen-bond donors (Lipinski definition) is 1. The predicted molar refractivity (Wildman–Crippen MR) is 85.4 cm³/mol. The van der Waals surface area contributed by atoms with Crippen LogP contribution in [0, 0.1) is 5.92 Å². The van der Waals surface area contributed by atoms with Crippen LogP contribution in [0.3, 0.4) is 0 Å². The Morgan fingerprint density at radius 2 is 2.14 bits per heavy atom. The molecule has 0 radical (unpaired) electrons. The summed E-state index contributed by atoms with van der Waals surface area (Å²) in [5.41, 5.74) is 2.30. The van der Waals surface area contributed by atoms with E-state index in [-0.39, 0.29) is 11.9 Å². The Hall–Kier alpha value is -1.39. The molecule has 1 N–H and O–H groups in total. The van der Waals surface area contributed by atoms with E-state index < -0.39 is 0 Å². The number of amides is 1. The second-order valence-electron chi connectivity index (χ2n) is 6.22. The van der Waals surface area contributed by atoms with E-state index >= 15 is 0 Å². The van der Waals surface area contributed by atoms with Gasteiger partial charge >= 0.3 is 0 Å². The van der Waals surface area contributed by atoms with Crippen molar-refractivity contribution in [1.29, 1.82) is 0 Å². The Bertz CT molecular complexity index is 517. The molecule has 0 aromatic heterocycles. The number of carbonyl (C=O) groups is 1. The van der Waals surface area contributed by atoms with Gasteiger partial charge in [-0.2, -0.15) is 0 Å². The van der Waals surface area contributed by atoms with Crippen molar-refractivity contribution in [3.8, 4) is 0 Å². The van der Waals surface area contributed by atoms with Crippen LogP contribution in [0.2, 0.25) is 0 Å². The van der Waals surface area contributed by atoms with Gasteiger partial charge in [0, 0.05) is 31.7 Å². The van der Waals surface area contributed by atoms with E-state index in [1.807, 2.05) is 19.2 Å². The average molecular weight is 287 g/mol. The maximum atomic E-state index is 12.1. The van der Waals surface area contributed by atoms with E-state index in [1.54, 1.807) is 4.90 Å². The summed E-state index contributed by atoms with van der Waals surface area (Å²) < 4.78 is 0. The quantitative estimate of drug-likeness (QED) is 0.920. The number of para-hydroxylation sites is 1. The van der Waals surface area contributed by atoms with Gasteiger partial charge in [-0.1, -0.05) is 25.1 Å². The fraction of sp³-hybridized carbons (Fsp3) is 0.588. The van der Waals surface area contributed by atoms with E-state index in [9.17, 15) is 4.79 Å². The van der Waals surface area contributed by atoms with Gasteiger partial charge in [0.15, 0.2) is 0 Å². The molecule has 3 rings (SSSR count). The monoisotopic (exact) mass is 287 g/mol. The number of carbonyl (C=O) groups excluding carboxylic acids is 1. The lowest BCUT2D eigenvalue weighted by molar-refractivity contribution is -0.119. The number of rotatable bonds is 4. The largest absolute Gasteiger partial charge is 0.315 e. The summed E-state index contributed by atoms with van der Waals surface area (Å²) in [7, 11) is 1.87. The second-order valence-corrected chi connectivity index (χ2v) is 6.22. The molecule has 21 heavy (non-hydrogen) atoms. The number of nitrogens with one attached hydrogen (secondary N) is 1.